The summed E-state index contributed by atoms with van der Waals surface area (Å²) in [5.74, 6) is -0.0194. The number of amides is 1. The van der Waals surface area contributed by atoms with Gasteiger partial charge in [0.05, 0.1) is 6.42 Å². The number of nitrogen functional groups attached to an aromatic ring is 1. The molecular formula is C16H18N2O. The third-order valence-electron chi connectivity index (χ3n) is 2.99. The molecule has 1 amide bonds. The Balaban J connectivity index is 1.95. The summed E-state index contributed by atoms with van der Waals surface area (Å²) >= 11 is 0. The van der Waals surface area contributed by atoms with Gasteiger partial charge in [-0.25, -0.2) is 0 Å². The third kappa shape index (κ3) is 3.85. The number of hydrogen-bond acceptors (Lipinski definition) is 2. The van der Waals surface area contributed by atoms with E-state index in [1.54, 1.807) is 12.1 Å². The zero-order valence-electron chi connectivity index (χ0n) is 11.0. The molecule has 0 radical (unpaired) electrons. The van der Waals surface area contributed by atoms with Crippen LogP contribution in [0.1, 0.15) is 18.1 Å². The Hall–Kier alpha value is -2.29. The van der Waals surface area contributed by atoms with Crippen molar-refractivity contribution in [1.82, 2.24) is 0 Å². The van der Waals surface area contributed by atoms with Crippen LogP contribution in [0.5, 0.6) is 0 Å². The van der Waals surface area contributed by atoms with Crippen molar-refractivity contribution in [1.29, 1.82) is 0 Å². The second-order valence-electron chi connectivity index (χ2n) is 4.52. The first kappa shape index (κ1) is 13.1. The first-order valence-electron chi connectivity index (χ1n) is 6.40. The SMILES string of the molecule is CCc1ccc(NC(=O)Cc2ccc(N)cc2)cc1. The van der Waals surface area contributed by atoms with Crippen LogP contribution < -0.4 is 11.1 Å². The van der Waals surface area contributed by atoms with Gasteiger partial charge in [0.1, 0.15) is 0 Å². The summed E-state index contributed by atoms with van der Waals surface area (Å²) in [4.78, 5) is 11.9. The fourth-order valence-electron chi connectivity index (χ4n) is 1.85. The molecule has 2 aromatic rings. The molecule has 2 aromatic carbocycles. The molecule has 0 aromatic heterocycles. The molecule has 3 N–H and O–H groups in total. The molecule has 19 heavy (non-hydrogen) atoms. The van der Waals surface area contributed by atoms with Gasteiger partial charge in [-0.3, -0.25) is 4.79 Å². The Kier molecular flexibility index (Phi) is 4.18. The molecule has 0 atom stereocenters. The predicted molar refractivity (Wildman–Crippen MR) is 79.0 cm³/mol. The second-order valence-corrected chi connectivity index (χ2v) is 4.52. The number of rotatable bonds is 4. The van der Waals surface area contributed by atoms with Crippen molar-refractivity contribution in [2.75, 3.05) is 11.1 Å². The van der Waals surface area contributed by atoms with Gasteiger partial charge >= 0.3 is 0 Å². The number of carbonyl (C=O) groups excluding carboxylic acids is 1. The van der Waals surface area contributed by atoms with Gasteiger partial charge in [0.25, 0.3) is 0 Å². The van der Waals surface area contributed by atoms with E-state index in [2.05, 4.69) is 12.2 Å². The monoisotopic (exact) mass is 254 g/mol. The number of hydrogen-bond donors (Lipinski definition) is 2. The lowest BCUT2D eigenvalue weighted by atomic mass is 10.1. The quantitative estimate of drug-likeness (QED) is 0.824. The van der Waals surface area contributed by atoms with Crippen molar-refractivity contribution in [2.24, 2.45) is 0 Å². The molecule has 0 heterocycles. The van der Waals surface area contributed by atoms with E-state index in [0.29, 0.717) is 12.1 Å². The van der Waals surface area contributed by atoms with Crippen LogP contribution in [0.2, 0.25) is 0 Å². The minimum Gasteiger partial charge on any atom is -0.399 e. The highest BCUT2D eigenvalue weighted by Gasteiger charge is 2.04. The summed E-state index contributed by atoms with van der Waals surface area (Å²) in [5, 5.41) is 2.89. The number of benzene rings is 2. The van der Waals surface area contributed by atoms with Gasteiger partial charge in [-0.15, -0.1) is 0 Å². The van der Waals surface area contributed by atoms with E-state index in [4.69, 9.17) is 5.73 Å². The Morgan fingerprint density at radius 2 is 1.58 bits per heavy atom. The van der Waals surface area contributed by atoms with Gasteiger partial charge in [-0.1, -0.05) is 31.2 Å². The van der Waals surface area contributed by atoms with Crippen LogP contribution in [0, 0.1) is 0 Å². The fourth-order valence-corrected chi connectivity index (χ4v) is 1.85. The highest BCUT2D eigenvalue weighted by molar-refractivity contribution is 5.92. The molecule has 0 saturated carbocycles. The van der Waals surface area contributed by atoms with Crippen LogP contribution in [-0.2, 0) is 17.6 Å². The van der Waals surface area contributed by atoms with E-state index in [1.807, 2.05) is 36.4 Å². The summed E-state index contributed by atoms with van der Waals surface area (Å²) in [6, 6.07) is 15.3. The van der Waals surface area contributed by atoms with E-state index >= 15 is 0 Å². The van der Waals surface area contributed by atoms with Gasteiger partial charge in [-0.05, 0) is 41.8 Å². The maximum Gasteiger partial charge on any atom is 0.228 e. The smallest absolute Gasteiger partial charge is 0.228 e. The van der Waals surface area contributed by atoms with Crippen LogP contribution in [0.25, 0.3) is 0 Å². The topological polar surface area (TPSA) is 55.1 Å². The van der Waals surface area contributed by atoms with Crippen molar-refractivity contribution >= 4 is 17.3 Å². The van der Waals surface area contributed by atoms with Gasteiger partial charge in [0.2, 0.25) is 5.91 Å². The second kappa shape index (κ2) is 6.05. The third-order valence-corrected chi connectivity index (χ3v) is 2.99. The summed E-state index contributed by atoms with van der Waals surface area (Å²) in [6.45, 7) is 2.11. The van der Waals surface area contributed by atoms with E-state index < -0.39 is 0 Å². The molecule has 0 aliphatic carbocycles. The molecule has 0 spiro atoms. The summed E-state index contributed by atoms with van der Waals surface area (Å²) < 4.78 is 0. The molecule has 0 aliphatic heterocycles. The lowest BCUT2D eigenvalue weighted by molar-refractivity contribution is -0.115. The lowest BCUT2D eigenvalue weighted by Crippen LogP contribution is -2.14. The molecule has 0 saturated heterocycles. The average molecular weight is 254 g/mol. The number of nitrogens with one attached hydrogen (secondary N) is 1. The van der Waals surface area contributed by atoms with Crippen LogP contribution >= 0.6 is 0 Å². The Morgan fingerprint density at radius 3 is 2.16 bits per heavy atom. The number of anilines is 2. The van der Waals surface area contributed by atoms with Gasteiger partial charge in [-0.2, -0.15) is 0 Å². The zero-order valence-corrected chi connectivity index (χ0v) is 11.0. The largest absolute Gasteiger partial charge is 0.399 e. The van der Waals surface area contributed by atoms with Gasteiger partial charge < -0.3 is 11.1 Å². The Morgan fingerprint density at radius 1 is 1.00 bits per heavy atom. The van der Waals surface area contributed by atoms with Crippen LogP contribution in [-0.4, -0.2) is 5.91 Å². The van der Waals surface area contributed by atoms with E-state index in [1.165, 1.54) is 5.56 Å². The van der Waals surface area contributed by atoms with E-state index in [0.717, 1.165) is 17.7 Å². The van der Waals surface area contributed by atoms with Crippen molar-refractivity contribution in [3.8, 4) is 0 Å². The normalized spacial score (nSPS) is 10.2. The predicted octanol–water partition coefficient (Wildman–Crippen LogP) is 3.01. The highest BCUT2D eigenvalue weighted by Crippen LogP contribution is 2.11. The summed E-state index contributed by atoms with van der Waals surface area (Å²) in [6.07, 6.45) is 1.36. The van der Waals surface area contributed by atoms with E-state index in [9.17, 15) is 4.79 Å². The first-order valence-corrected chi connectivity index (χ1v) is 6.40. The average Bonchev–Trinajstić information content (AvgIpc) is 2.42. The molecular weight excluding hydrogens is 236 g/mol. The van der Waals surface area contributed by atoms with Crippen molar-refractivity contribution in [2.45, 2.75) is 19.8 Å². The molecule has 0 fully saturated rings. The maximum atomic E-state index is 11.9. The Labute approximate surface area is 113 Å². The van der Waals surface area contributed by atoms with Crippen LogP contribution in [0.4, 0.5) is 11.4 Å². The molecule has 2 rings (SSSR count). The van der Waals surface area contributed by atoms with Crippen molar-refractivity contribution < 1.29 is 4.79 Å². The number of aryl methyl sites for hydroxylation is 1. The standard InChI is InChI=1S/C16H18N2O/c1-2-12-5-9-15(10-6-12)18-16(19)11-13-3-7-14(17)8-4-13/h3-10H,2,11,17H2,1H3,(H,18,19). The Bertz CT molecular complexity index is 544. The summed E-state index contributed by atoms with van der Waals surface area (Å²) in [5.41, 5.74) is 9.36. The highest BCUT2D eigenvalue weighted by atomic mass is 16.1. The molecule has 0 bridgehead atoms. The van der Waals surface area contributed by atoms with Crippen LogP contribution in [0.3, 0.4) is 0 Å². The van der Waals surface area contributed by atoms with Gasteiger partial charge in [0.15, 0.2) is 0 Å². The minimum atomic E-state index is -0.0194. The van der Waals surface area contributed by atoms with E-state index in [-0.39, 0.29) is 5.91 Å². The molecule has 3 nitrogen and oxygen atoms in total. The van der Waals surface area contributed by atoms with Crippen molar-refractivity contribution in [3.05, 3.63) is 59.7 Å². The lowest BCUT2D eigenvalue weighted by Gasteiger charge is -2.06. The molecule has 0 unspecified atom stereocenters. The maximum absolute atomic E-state index is 11.9. The molecule has 3 heteroatoms. The van der Waals surface area contributed by atoms with Crippen molar-refractivity contribution in [3.63, 3.8) is 0 Å². The minimum absolute atomic E-state index is 0.0194. The fraction of sp³-hybridized carbons (Fsp3) is 0.188. The molecule has 98 valence electrons. The first-order chi connectivity index (χ1) is 9.17. The van der Waals surface area contributed by atoms with Crippen LogP contribution in [0.15, 0.2) is 48.5 Å². The number of carbonyl (C=O) groups is 1. The zero-order chi connectivity index (χ0) is 13.7. The number of nitrogens with two attached hydrogens (primary N) is 1. The summed E-state index contributed by atoms with van der Waals surface area (Å²) in [7, 11) is 0. The molecule has 0 aliphatic rings. The van der Waals surface area contributed by atoms with Gasteiger partial charge in [0, 0.05) is 11.4 Å².